The number of aromatic nitrogens is 1. The Balaban J connectivity index is 1.67. The average Bonchev–Trinajstić information content (AvgIpc) is 3.12. The van der Waals surface area contributed by atoms with Gasteiger partial charge in [-0.05, 0) is 60.7 Å². The van der Waals surface area contributed by atoms with Crippen LogP contribution in [0.4, 0.5) is 0 Å². The lowest BCUT2D eigenvalue weighted by Gasteiger charge is -2.08. The Hall–Kier alpha value is -3.04. The van der Waals surface area contributed by atoms with Gasteiger partial charge < -0.3 is 15.5 Å². The van der Waals surface area contributed by atoms with Crippen LogP contribution in [-0.4, -0.2) is 11.5 Å². The van der Waals surface area contributed by atoms with Crippen LogP contribution in [0.1, 0.15) is 24.0 Å². The molecule has 0 unspecified atom stereocenters. The van der Waals surface area contributed by atoms with Crippen molar-refractivity contribution < 1.29 is 4.74 Å². The van der Waals surface area contributed by atoms with Crippen molar-refractivity contribution in [3.05, 3.63) is 90.0 Å². The second-order valence-corrected chi connectivity index (χ2v) is 7.07. The van der Waals surface area contributed by atoms with Gasteiger partial charge in [0.15, 0.2) is 0 Å². The first-order chi connectivity index (χ1) is 13.8. The Morgan fingerprint density at radius 1 is 0.821 bits per heavy atom. The predicted molar refractivity (Wildman–Crippen MR) is 117 cm³/mol. The van der Waals surface area contributed by atoms with Crippen LogP contribution in [0.5, 0.6) is 5.75 Å². The number of benzene rings is 3. The van der Waals surface area contributed by atoms with E-state index >= 15 is 0 Å². The molecule has 0 saturated heterocycles. The van der Waals surface area contributed by atoms with Gasteiger partial charge in [0, 0.05) is 16.6 Å². The predicted octanol–water partition coefficient (Wildman–Crippen LogP) is 5.70. The number of fused-ring (bicyclic) bond motifs is 1. The molecule has 3 aromatic carbocycles. The summed E-state index contributed by atoms with van der Waals surface area (Å²) < 4.78 is 6.06. The Kier molecular flexibility index (Phi) is 5.74. The van der Waals surface area contributed by atoms with Crippen LogP contribution in [-0.2, 0) is 13.0 Å². The third-order valence-electron chi connectivity index (χ3n) is 5.07. The Morgan fingerprint density at radius 3 is 2.32 bits per heavy atom. The highest BCUT2D eigenvalue weighted by molar-refractivity contribution is 5.91. The van der Waals surface area contributed by atoms with E-state index in [1.54, 1.807) is 0 Å². The normalized spacial score (nSPS) is 11.0. The largest absolute Gasteiger partial charge is 0.489 e. The molecule has 0 atom stereocenters. The summed E-state index contributed by atoms with van der Waals surface area (Å²) in [6.07, 6.45) is 3.12. The fraction of sp³-hybridized carbons (Fsp3) is 0.200. The molecule has 3 heteroatoms. The third-order valence-corrected chi connectivity index (χ3v) is 5.07. The van der Waals surface area contributed by atoms with E-state index in [2.05, 4.69) is 59.6 Å². The molecule has 4 aromatic rings. The smallest absolute Gasteiger partial charge is 0.120 e. The van der Waals surface area contributed by atoms with E-state index in [9.17, 15) is 0 Å². The van der Waals surface area contributed by atoms with Crippen LogP contribution in [0.2, 0.25) is 0 Å². The molecular weight excluding hydrogens is 344 g/mol. The number of aromatic amines is 1. The van der Waals surface area contributed by atoms with E-state index in [4.69, 9.17) is 10.5 Å². The van der Waals surface area contributed by atoms with Crippen molar-refractivity contribution in [2.75, 3.05) is 6.54 Å². The molecule has 3 N–H and O–H groups in total. The molecule has 28 heavy (non-hydrogen) atoms. The minimum Gasteiger partial charge on any atom is -0.489 e. The summed E-state index contributed by atoms with van der Waals surface area (Å²) in [7, 11) is 0. The number of rotatable bonds is 8. The molecule has 1 aromatic heterocycles. The first-order valence-corrected chi connectivity index (χ1v) is 9.92. The summed E-state index contributed by atoms with van der Waals surface area (Å²) in [6, 6.07) is 27.1. The molecule has 0 aliphatic carbocycles. The van der Waals surface area contributed by atoms with Crippen molar-refractivity contribution in [2.45, 2.75) is 25.9 Å². The second kappa shape index (κ2) is 8.77. The summed E-state index contributed by atoms with van der Waals surface area (Å²) in [5.41, 5.74) is 11.8. The number of hydrogen-bond donors (Lipinski definition) is 2. The number of hydrogen-bond acceptors (Lipinski definition) is 2. The fourth-order valence-corrected chi connectivity index (χ4v) is 3.61. The lowest BCUT2D eigenvalue weighted by atomic mass is 10.0. The van der Waals surface area contributed by atoms with Crippen LogP contribution in [0.3, 0.4) is 0 Å². The average molecular weight is 370 g/mol. The van der Waals surface area contributed by atoms with Crippen LogP contribution < -0.4 is 10.5 Å². The zero-order valence-corrected chi connectivity index (χ0v) is 16.0. The highest BCUT2D eigenvalue weighted by Gasteiger charge is 2.14. The molecular formula is C25H26N2O. The molecule has 0 saturated carbocycles. The van der Waals surface area contributed by atoms with Crippen molar-refractivity contribution >= 4 is 10.9 Å². The maximum atomic E-state index is 6.06. The minimum atomic E-state index is 0.574. The van der Waals surface area contributed by atoms with Gasteiger partial charge in [-0.3, -0.25) is 0 Å². The molecule has 0 spiro atoms. The Morgan fingerprint density at radius 2 is 1.57 bits per heavy atom. The zero-order valence-electron chi connectivity index (χ0n) is 16.0. The first kappa shape index (κ1) is 18.3. The summed E-state index contributed by atoms with van der Waals surface area (Å²) in [6.45, 7) is 1.30. The van der Waals surface area contributed by atoms with Crippen molar-refractivity contribution in [1.29, 1.82) is 0 Å². The highest BCUT2D eigenvalue weighted by Crippen LogP contribution is 2.33. The van der Waals surface area contributed by atoms with Gasteiger partial charge in [-0.15, -0.1) is 0 Å². The lowest BCUT2D eigenvalue weighted by molar-refractivity contribution is 0.306. The van der Waals surface area contributed by atoms with E-state index in [1.165, 1.54) is 27.8 Å². The summed E-state index contributed by atoms with van der Waals surface area (Å²) in [5, 5.41) is 1.24. The number of aryl methyl sites for hydroxylation is 1. The topological polar surface area (TPSA) is 51.0 Å². The standard InChI is InChI=1S/C25H26N2O/c26-16-8-7-13-22-23-17-21(28-18-19-9-3-1-4-10-19)14-15-24(23)27-25(22)20-11-5-2-6-12-20/h1-6,9-12,14-15,17,27H,7-8,13,16,18,26H2. The van der Waals surface area contributed by atoms with Gasteiger partial charge in [0.25, 0.3) is 0 Å². The maximum Gasteiger partial charge on any atom is 0.120 e. The number of H-pyrrole nitrogens is 1. The van der Waals surface area contributed by atoms with E-state index < -0.39 is 0 Å². The first-order valence-electron chi connectivity index (χ1n) is 9.92. The molecule has 0 aliphatic rings. The van der Waals surface area contributed by atoms with Gasteiger partial charge in [0.05, 0.1) is 0 Å². The summed E-state index contributed by atoms with van der Waals surface area (Å²) >= 11 is 0. The van der Waals surface area contributed by atoms with Crippen LogP contribution in [0.15, 0.2) is 78.9 Å². The summed E-state index contributed by atoms with van der Waals surface area (Å²) in [5.74, 6) is 0.898. The van der Waals surface area contributed by atoms with Crippen LogP contribution in [0.25, 0.3) is 22.2 Å². The van der Waals surface area contributed by atoms with Gasteiger partial charge in [0.2, 0.25) is 0 Å². The molecule has 4 rings (SSSR count). The molecule has 0 bridgehead atoms. The van der Waals surface area contributed by atoms with E-state index in [0.717, 1.165) is 37.1 Å². The Labute approximate surface area is 166 Å². The molecule has 142 valence electrons. The molecule has 1 heterocycles. The second-order valence-electron chi connectivity index (χ2n) is 7.07. The van der Waals surface area contributed by atoms with Gasteiger partial charge in [-0.1, -0.05) is 60.7 Å². The number of unbranched alkanes of at least 4 members (excludes halogenated alkanes) is 1. The van der Waals surface area contributed by atoms with Crippen molar-refractivity contribution in [2.24, 2.45) is 5.73 Å². The van der Waals surface area contributed by atoms with Crippen molar-refractivity contribution in [3.63, 3.8) is 0 Å². The third kappa shape index (κ3) is 4.10. The lowest BCUT2D eigenvalue weighted by Crippen LogP contribution is -1.99. The maximum absolute atomic E-state index is 6.06. The fourth-order valence-electron chi connectivity index (χ4n) is 3.61. The van der Waals surface area contributed by atoms with Gasteiger partial charge in [-0.2, -0.15) is 0 Å². The van der Waals surface area contributed by atoms with Crippen LogP contribution in [0, 0.1) is 0 Å². The molecule has 0 amide bonds. The quantitative estimate of drug-likeness (QED) is 0.391. The van der Waals surface area contributed by atoms with Gasteiger partial charge in [-0.25, -0.2) is 0 Å². The number of nitrogens with one attached hydrogen (secondary N) is 1. The monoisotopic (exact) mass is 370 g/mol. The van der Waals surface area contributed by atoms with Gasteiger partial charge in [0.1, 0.15) is 12.4 Å². The minimum absolute atomic E-state index is 0.574. The van der Waals surface area contributed by atoms with Crippen molar-refractivity contribution in [3.8, 4) is 17.0 Å². The number of ether oxygens (including phenoxy) is 1. The number of nitrogens with two attached hydrogens (primary N) is 1. The zero-order chi connectivity index (χ0) is 19.2. The molecule has 3 nitrogen and oxygen atoms in total. The SMILES string of the molecule is NCCCCc1c(-c2ccccc2)[nH]c2ccc(OCc3ccccc3)cc12. The highest BCUT2D eigenvalue weighted by atomic mass is 16.5. The van der Waals surface area contributed by atoms with Gasteiger partial charge >= 0.3 is 0 Å². The van der Waals surface area contributed by atoms with E-state index in [1.807, 2.05) is 24.3 Å². The summed E-state index contributed by atoms with van der Waals surface area (Å²) in [4.78, 5) is 3.62. The van der Waals surface area contributed by atoms with E-state index in [-0.39, 0.29) is 0 Å². The van der Waals surface area contributed by atoms with Crippen LogP contribution >= 0.6 is 0 Å². The molecule has 0 aliphatic heterocycles. The Bertz CT molecular complexity index is 1020. The van der Waals surface area contributed by atoms with Crippen molar-refractivity contribution in [1.82, 2.24) is 4.98 Å². The van der Waals surface area contributed by atoms with E-state index in [0.29, 0.717) is 6.61 Å². The molecule has 0 radical (unpaired) electrons. The molecule has 0 fully saturated rings.